The molecule has 0 bridgehead atoms. The van der Waals surface area contributed by atoms with E-state index in [1.54, 1.807) is 4.52 Å². The van der Waals surface area contributed by atoms with Crippen LogP contribution in [0.2, 0.25) is 0 Å². The first-order valence-electron chi connectivity index (χ1n) is 10.1. The number of hydrogen-bond acceptors (Lipinski definition) is 5. The van der Waals surface area contributed by atoms with Crippen LogP contribution in [0.25, 0.3) is 5.65 Å². The standard InChI is InChI=1S/C21H29N7O2/c1-12(11-27-14(3)8-13(2)26-27)9-23-19(29)7-6-17-15(4)25-21-18(20(22)30)10-24-28(21)16(17)5/h8,10,12H,6-7,9,11H2,1-5H3,(H2,22,30)(H,23,29)/t12-/m1/s1. The van der Waals surface area contributed by atoms with Crippen molar-refractivity contribution in [1.82, 2.24) is 29.7 Å². The Balaban J connectivity index is 1.58. The summed E-state index contributed by atoms with van der Waals surface area (Å²) in [5.74, 6) is -0.296. The fraction of sp³-hybridized carbons (Fsp3) is 0.476. The van der Waals surface area contributed by atoms with Crippen molar-refractivity contribution in [2.24, 2.45) is 11.7 Å². The van der Waals surface area contributed by atoms with Crippen molar-refractivity contribution in [3.05, 3.63) is 46.2 Å². The van der Waals surface area contributed by atoms with Gasteiger partial charge in [0.2, 0.25) is 5.91 Å². The monoisotopic (exact) mass is 411 g/mol. The SMILES string of the molecule is Cc1cc(C)n(C[C@H](C)CNC(=O)CCc2c(C)nc3c(C(N)=O)cnn3c2C)n1. The third kappa shape index (κ3) is 4.50. The number of primary amides is 1. The Kier molecular flexibility index (Phi) is 6.19. The van der Waals surface area contributed by atoms with Crippen LogP contribution in [0, 0.1) is 33.6 Å². The van der Waals surface area contributed by atoms with Crippen molar-refractivity contribution >= 4 is 17.5 Å². The quantitative estimate of drug-likeness (QED) is 0.584. The van der Waals surface area contributed by atoms with Gasteiger partial charge in [0.25, 0.3) is 5.91 Å². The lowest BCUT2D eigenvalue weighted by Crippen LogP contribution is -2.30. The molecule has 3 heterocycles. The summed E-state index contributed by atoms with van der Waals surface area (Å²) in [6.07, 6.45) is 2.33. The van der Waals surface area contributed by atoms with Crippen LogP contribution in [0.4, 0.5) is 0 Å². The molecule has 0 fully saturated rings. The Morgan fingerprint density at radius 3 is 2.60 bits per heavy atom. The zero-order chi connectivity index (χ0) is 22.0. The number of aryl methyl sites for hydroxylation is 4. The lowest BCUT2D eigenvalue weighted by atomic mass is 10.1. The minimum absolute atomic E-state index is 0.00703. The van der Waals surface area contributed by atoms with E-state index in [1.807, 2.05) is 38.4 Å². The average Bonchev–Trinajstić information content (AvgIpc) is 3.22. The molecule has 0 unspecified atom stereocenters. The summed E-state index contributed by atoms with van der Waals surface area (Å²) in [4.78, 5) is 28.4. The predicted molar refractivity (Wildman–Crippen MR) is 113 cm³/mol. The summed E-state index contributed by atoms with van der Waals surface area (Å²) in [5, 5.41) is 11.7. The number of nitrogens with one attached hydrogen (secondary N) is 1. The molecular weight excluding hydrogens is 382 g/mol. The van der Waals surface area contributed by atoms with Crippen molar-refractivity contribution in [2.45, 2.75) is 54.0 Å². The molecule has 0 radical (unpaired) electrons. The number of hydrogen-bond donors (Lipinski definition) is 2. The van der Waals surface area contributed by atoms with Crippen LogP contribution >= 0.6 is 0 Å². The van der Waals surface area contributed by atoms with Crippen molar-refractivity contribution in [1.29, 1.82) is 0 Å². The number of rotatable bonds is 8. The van der Waals surface area contributed by atoms with Crippen LogP contribution < -0.4 is 11.1 Å². The Morgan fingerprint density at radius 2 is 1.97 bits per heavy atom. The summed E-state index contributed by atoms with van der Waals surface area (Å²) in [6.45, 7) is 11.2. The number of nitrogens with zero attached hydrogens (tertiary/aromatic N) is 5. The van der Waals surface area contributed by atoms with E-state index in [0.717, 1.165) is 34.9 Å². The van der Waals surface area contributed by atoms with E-state index in [1.165, 1.54) is 6.20 Å². The summed E-state index contributed by atoms with van der Waals surface area (Å²) in [7, 11) is 0. The topological polar surface area (TPSA) is 120 Å². The van der Waals surface area contributed by atoms with Crippen molar-refractivity contribution in [3.8, 4) is 0 Å². The first-order chi connectivity index (χ1) is 14.2. The van der Waals surface area contributed by atoms with Gasteiger partial charge in [-0.2, -0.15) is 10.2 Å². The second-order valence-corrected chi connectivity index (χ2v) is 7.94. The zero-order valence-electron chi connectivity index (χ0n) is 18.2. The Labute approximate surface area is 175 Å². The zero-order valence-corrected chi connectivity index (χ0v) is 18.2. The molecule has 9 heteroatoms. The molecule has 0 spiro atoms. The second kappa shape index (κ2) is 8.64. The van der Waals surface area contributed by atoms with E-state index >= 15 is 0 Å². The Hall–Kier alpha value is -3.23. The molecule has 0 aromatic carbocycles. The summed E-state index contributed by atoms with van der Waals surface area (Å²) < 4.78 is 3.58. The molecule has 160 valence electrons. The van der Waals surface area contributed by atoms with Crippen LogP contribution in [0.1, 0.15) is 52.0 Å². The van der Waals surface area contributed by atoms with E-state index in [9.17, 15) is 9.59 Å². The molecule has 0 saturated carbocycles. The maximum absolute atomic E-state index is 12.4. The van der Waals surface area contributed by atoms with Gasteiger partial charge in [-0.15, -0.1) is 0 Å². The van der Waals surface area contributed by atoms with Crippen molar-refractivity contribution in [2.75, 3.05) is 6.54 Å². The van der Waals surface area contributed by atoms with Gasteiger partial charge < -0.3 is 11.1 Å². The van der Waals surface area contributed by atoms with E-state index in [-0.39, 0.29) is 11.8 Å². The van der Waals surface area contributed by atoms with Gasteiger partial charge in [0.05, 0.1) is 11.9 Å². The van der Waals surface area contributed by atoms with Gasteiger partial charge in [-0.3, -0.25) is 14.3 Å². The van der Waals surface area contributed by atoms with Gasteiger partial charge in [0.1, 0.15) is 5.56 Å². The summed E-state index contributed by atoms with van der Waals surface area (Å²) in [6, 6.07) is 2.05. The molecule has 1 atom stereocenters. The number of aromatic nitrogens is 5. The normalized spacial score (nSPS) is 12.3. The molecule has 3 aromatic rings. The third-order valence-electron chi connectivity index (χ3n) is 5.31. The van der Waals surface area contributed by atoms with Crippen LogP contribution in [0.3, 0.4) is 0 Å². The Bertz CT molecular complexity index is 1100. The number of carbonyl (C=O) groups excluding carboxylic acids is 2. The van der Waals surface area contributed by atoms with Gasteiger partial charge in [-0.1, -0.05) is 6.92 Å². The minimum atomic E-state index is -0.557. The summed E-state index contributed by atoms with van der Waals surface area (Å²) >= 11 is 0. The maximum Gasteiger partial charge on any atom is 0.254 e. The molecular formula is C21H29N7O2. The minimum Gasteiger partial charge on any atom is -0.365 e. The number of amides is 2. The van der Waals surface area contributed by atoms with Crippen LogP contribution in [0.15, 0.2) is 12.3 Å². The van der Waals surface area contributed by atoms with Crippen LogP contribution in [0.5, 0.6) is 0 Å². The van der Waals surface area contributed by atoms with Crippen molar-refractivity contribution < 1.29 is 9.59 Å². The highest BCUT2D eigenvalue weighted by Gasteiger charge is 2.17. The highest BCUT2D eigenvalue weighted by molar-refractivity contribution is 5.98. The predicted octanol–water partition coefficient (Wildman–Crippen LogP) is 1.64. The maximum atomic E-state index is 12.4. The molecule has 3 rings (SSSR count). The van der Waals surface area contributed by atoms with Gasteiger partial charge >= 0.3 is 0 Å². The second-order valence-electron chi connectivity index (χ2n) is 7.94. The molecule has 30 heavy (non-hydrogen) atoms. The first kappa shape index (κ1) is 21.5. The highest BCUT2D eigenvalue weighted by atomic mass is 16.1. The lowest BCUT2D eigenvalue weighted by molar-refractivity contribution is -0.121. The molecule has 0 aliphatic heterocycles. The molecule has 3 aromatic heterocycles. The fourth-order valence-electron chi connectivity index (χ4n) is 3.68. The largest absolute Gasteiger partial charge is 0.365 e. The van der Waals surface area contributed by atoms with Gasteiger partial charge in [-0.25, -0.2) is 9.50 Å². The molecule has 9 nitrogen and oxygen atoms in total. The smallest absolute Gasteiger partial charge is 0.254 e. The number of nitrogens with two attached hydrogens (primary N) is 1. The number of carbonyl (C=O) groups is 2. The Morgan fingerprint density at radius 1 is 1.23 bits per heavy atom. The molecule has 0 aliphatic rings. The van der Waals surface area contributed by atoms with Crippen LogP contribution in [-0.4, -0.2) is 42.7 Å². The third-order valence-corrected chi connectivity index (χ3v) is 5.31. The van der Waals surface area contributed by atoms with Crippen molar-refractivity contribution in [3.63, 3.8) is 0 Å². The van der Waals surface area contributed by atoms with E-state index in [0.29, 0.717) is 30.6 Å². The molecule has 0 saturated heterocycles. The summed E-state index contributed by atoms with van der Waals surface area (Å²) in [5.41, 5.74) is 10.8. The molecule has 2 amide bonds. The van der Waals surface area contributed by atoms with E-state index < -0.39 is 5.91 Å². The number of fused-ring (bicyclic) bond motifs is 1. The fourth-order valence-corrected chi connectivity index (χ4v) is 3.68. The van der Waals surface area contributed by atoms with E-state index in [2.05, 4.69) is 27.4 Å². The highest BCUT2D eigenvalue weighted by Crippen LogP contribution is 2.18. The van der Waals surface area contributed by atoms with Gasteiger partial charge in [0, 0.05) is 36.6 Å². The molecule has 3 N–H and O–H groups in total. The lowest BCUT2D eigenvalue weighted by Gasteiger charge is -2.15. The van der Waals surface area contributed by atoms with Gasteiger partial charge in [-0.05, 0) is 51.7 Å². The van der Waals surface area contributed by atoms with Gasteiger partial charge in [0.15, 0.2) is 5.65 Å². The first-order valence-corrected chi connectivity index (χ1v) is 10.1. The van der Waals surface area contributed by atoms with Crippen LogP contribution in [-0.2, 0) is 17.8 Å². The molecule has 0 aliphatic carbocycles. The van der Waals surface area contributed by atoms with E-state index in [4.69, 9.17) is 5.73 Å². The average molecular weight is 412 g/mol.